The number of nitrogens with zero attached hydrogens (tertiary/aromatic N) is 4. The van der Waals surface area contributed by atoms with Crippen LogP contribution in [0.4, 0.5) is 5.95 Å². The molecule has 2 aromatic heterocycles. The van der Waals surface area contributed by atoms with Gasteiger partial charge in [0.1, 0.15) is 5.52 Å². The van der Waals surface area contributed by atoms with Crippen molar-refractivity contribution in [2.24, 2.45) is 7.05 Å². The molecule has 24 heavy (non-hydrogen) atoms. The predicted octanol–water partition coefficient (Wildman–Crippen LogP) is 3.11. The molecular formula is C18H19ClN4O. The smallest absolute Gasteiger partial charge is 0.207 e. The summed E-state index contributed by atoms with van der Waals surface area (Å²) in [6.07, 6.45) is 3.10. The van der Waals surface area contributed by atoms with E-state index in [0.717, 1.165) is 35.8 Å². The lowest BCUT2D eigenvalue weighted by atomic mass is 9.84. The molecule has 0 bridgehead atoms. The van der Waals surface area contributed by atoms with Crippen molar-refractivity contribution in [1.82, 2.24) is 14.5 Å². The van der Waals surface area contributed by atoms with E-state index in [1.54, 1.807) is 6.20 Å². The Morgan fingerprint density at radius 1 is 1.12 bits per heavy atom. The summed E-state index contributed by atoms with van der Waals surface area (Å²) in [7, 11) is 1.98. The van der Waals surface area contributed by atoms with Crippen LogP contribution >= 0.6 is 11.6 Å². The molecule has 0 radical (unpaired) electrons. The Balaban J connectivity index is 1.57. The number of aryl methyl sites for hydroxylation is 1. The number of pyridine rings is 1. The lowest BCUT2D eigenvalue weighted by Crippen LogP contribution is -2.43. The maximum absolute atomic E-state index is 11.0. The van der Waals surface area contributed by atoms with E-state index in [1.807, 2.05) is 48.0 Å². The fourth-order valence-corrected chi connectivity index (χ4v) is 3.55. The molecule has 1 aromatic carbocycles. The molecule has 0 unspecified atom stereocenters. The van der Waals surface area contributed by atoms with Gasteiger partial charge >= 0.3 is 0 Å². The zero-order valence-electron chi connectivity index (χ0n) is 13.5. The summed E-state index contributed by atoms with van der Waals surface area (Å²) in [5.74, 6) is 0.904. The number of hydrogen-bond donors (Lipinski definition) is 1. The van der Waals surface area contributed by atoms with Crippen molar-refractivity contribution in [3.05, 3.63) is 53.2 Å². The highest BCUT2D eigenvalue weighted by atomic mass is 35.5. The monoisotopic (exact) mass is 342 g/mol. The van der Waals surface area contributed by atoms with Gasteiger partial charge in [0, 0.05) is 31.4 Å². The van der Waals surface area contributed by atoms with Gasteiger partial charge in [-0.15, -0.1) is 0 Å². The van der Waals surface area contributed by atoms with Crippen LogP contribution in [0.5, 0.6) is 0 Å². The molecule has 1 aliphatic rings. The molecule has 1 N–H and O–H groups in total. The molecule has 0 saturated carbocycles. The van der Waals surface area contributed by atoms with Crippen molar-refractivity contribution in [2.45, 2.75) is 18.4 Å². The Morgan fingerprint density at radius 3 is 2.50 bits per heavy atom. The first-order valence-corrected chi connectivity index (χ1v) is 8.45. The van der Waals surface area contributed by atoms with Crippen molar-refractivity contribution in [3.63, 3.8) is 0 Å². The number of halogens is 1. The number of imidazole rings is 1. The van der Waals surface area contributed by atoms with Gasteiger partial charge in [0.15, 0.2) is 5.65 Å². The first-order chi connectivity index (χ1) is 11.6. The van der Waals surface area contributed by atoms with E-state index in [0.29, 0.717) is 17.9 Å². The van der Waals surface area contributed by atoms with Gasteiger partial charge in [0.2, 0.25) is 5.95 Å². The molecule has 1 saturated heterocycles. The number of benzene rings is 1. The van der Waals surface area contributed by atoms with Gasteiger partial charge in [0.25, 0.3) is 0 Å². The van der Waals surface area contributed by atoms with E-state index in [2.05, 4.69) is 9.88 Å². The van der Waals surface area contributed by atoms with E-state index >= 15 is 0 Å². The third kappa shape index (κ3) is 2.54. The molecule has 3 heterocycles. The summed E-state index contributed by atoms with van der Waals surface area (Å²) >= 11 is 5.95. The Labute approximate surface area is 145 Å². The Bertz CT molecular complexity index is 866. The summed E-state index contributed by atoms with van der Waals surface area (Å²) < 4.78 is 2.02. The Hall–Kier alpha value is -2.11. The molecule has 3 aromatic rings. The van der Waals surface area contributed by atoms with Crippen LogP contribution in [0.15, 0.2) is 42.6 Å². The van der Waals surface area contributed by atoms with Crippen LogP contribution in [0, 0.1) is 0 Å². The maximum Gasteiger partial charge on any atom is 0.207 e. The second kappa shape index (κ2) is 5.76. The van der Waals surface area contributed by atoms with Gasteiger partial charge in [-0.2, -0.15) is 0 Å². The summed E-state index contributed by atoms with van der Waals surface area (Å²) in [4.78, 5) is 11.3. The van der Waals surface area contributed by atoms with Crippen molar-refractivity contribution in [3.8, 4) is 0 Å². The number of fused-ring (bicyclic) bond motifs is 1. The van der Waals surface area contributed by atoms with Crippen LogP contribution in [-0.2, 0) is 12.6 Å². The van der Waals surface area contributed by atoms with Gasteiger partial charge in [-0.3, -0.25) is 4.57 Å². The van der Waals surface area contributed by atoms with E-state index in [-0.39, 0.29) is 0 Å². The minimum Gasteiger partial charge on any atom is -0.385 e. The lowest BCUT2D eigenvalue weighted by Gasteiger charge is -2.38. The van der Waals surface area contributed by atoms with Crippen molar-refractivity contribution < 1.29 is 5.11 Å². The van der Waals surface area contributed by atoms with Crippen LogP contribution in [0.25, 0.3) is 11.2 Å². The first-order valence-electron chi connectivity index (χ1n) is 8.08. The number of hydrogen-bond acceptors (Lipinski definition) is 4. The standard InChI is InChI=1S/C18H19ClN4O/c1-22-16-15(3-2-10-20-16)21-17(22)23-11-8-18(24,9-12-23)13-4-6-14(19)7-5-13/h2-7,10,24H,8-9,11-12H2,1H3. The predicted molar refractivity (Wildman–Crippen MR) is 95.3 cm³/mol. The highest BCUT2D eigenvalue weighted by Gasteiger charge is 2.35. The second-order valence-electron chi connectivity index (χ2n) is 6.34. The summed E-state index contributed by atoms with van der Waals surface area (Å²) in [5.41, 5.74) is 1.90. The highest BCUT2D eigenvalue weighted by molar-refractivity contribution is 6.30. The van der Waals surface area contributed by atoms with Gasteiger partial charge in [0.05, 0.1) is 5.60 Å². The average Bonchev–Trinajstić information content (AvgIpc) is 2.93. The molecule has 4 rings (SSSR count). The summed E-state index contributed by atoms with van der Waals surface area (Å²) in [5, 5.41) is 11.7. The van der Waals surface area contributed by atoms with Gasteiger partial charge in [-0.05, 0) is 42.7 Å². The van der Waals surface area contributed by atoms with Crippen LogP contribution in [-0.4, -0.2) is 32.7 Å². The minimum atomic E-state index is -0.802. The third-order valence-electron chi connectivity index (χ3n) is 4.86. The van der Waals surface area contributed by atoms with Crippen molar-refractivity contribution in [2.75, 3.05) is 18.0 Å². The number of piperidine rings is 1. The Morgan fingerprint density at radius 2 is 1.83 bits per heavy atom. The van der Waals surface area contributed by atoms with Crippen LogP contribution in [0.3, 0.4) is 0 Å². The SMILES string of the molecule is Cn1c(N2CCC(O)(c3ccc(Cl)cc3)CC2)nc2cccnc21. The highest BCUT2D eigenvalue weighted by Crippen LogP contribution is 2.35. The first kappa shape index (κ1) is 15.4. The van der Waals surface area contributed by atoms with E-state index < -0.39 is 5.60 Å². The van der Waals surface area contributed by atoms with E-state index in [1.165, 1.54) is 0 Å². The molecule has 1 aliphatic heterocycles. The van der Waals surface area contributed by atoms with E-state index in [9.17, 15) is 5.11 Å². The van der Waals surface area contributed by atoms with Gasteiger partial charge in [-0.1, -0.05) is 23.7 Å². The Kier molecular flexibility index (Phi) is 3.70. The molecule has 6 heteroatoms. The maximum atomic E-state index is 11.0. The number of aliphatic hydroxyl groups is 1. The zero-order valence-corrected chi connectivity index (χ0v) is 14.2. The van der Waals surface area contributed by atoms with Crippen LogP contribution in [0.2, 0.25) is 5.02 Å². The molecule has 0 atom stereocenters. The molecular weight excluding hydrogens is 324 g/mol. The molecule has 0 spiro atoms. The normalized spacial score (nSPS) is 17.4. The minimum absolute atomic E-state index is 0.658. The molecule has 1 fully saturated rings. The van der Waals surface area contributed by atoms with Crippen molar-refractivity contribution >= 4 is 28.7 Å². The van der Waals surface area contributed by atoms with Crippen LogP contribution in [0.1, 0.15) is 18.4 Å². The molecule has 0 amide bonds. The topological polar surface area (TPSA) is 54.2 Å². The quantitative estimate of drug-likeness (QED) is 0.777. The average molecular weight is 343 g/mol. The van der Waals surface area contributed by atoms with Crippen LogP contribution < -0.4 is 4.90 Å². The van der Waals surface area contributed by atoms with Gasteiger partial charge < -0.3 is 10.0 Å². The fourth-order valence-electron chi connectivity index (χ4n) is 3.42. The number of anilines is 1. The summed E-state index contributed by atoms with van der Waals surface area (Å²) in [6.45, 7) is 1.49. The van der Waals surface area contributed by atoms with Crippen molar-refractivity contribution in [1.29, 1.82) is 0 Å². The number of rotatable bonds is 2. The molecule has 5 nitrogen and oxygen atoms in total. The number of aromatic nitrogens is 3. The zero-order chi connectivity index (χ0) is 16.7. The largest absolute Gasteiger partial charge is 0.385 e. The second-order valence-corrected chi connectivity index (χ2v) is 6.78. The summed E-state index contributed by atoms with van der Waals surface area (Å²) in [6, 6.07) is 11.4. The van der Waals surface area contributed by atoms with E-state index in [4.69, 9.17) is 16.6 Å². The fraction of sp³-hybridized carbons (Fsp3) is 0.333. The lowest BCUT2D eigenvalue weighted by molar-refractivity contribution is 0.0115. The molecule has 0 aliphatic carbocycles. The molecule has 124 valence electrons. The van der Waals surface area contributed by atoms with Gasteiger partial charge in [-0.25, -0.2) is 9.97 Å². The third-order valence-corrected chi connectivity index (χ3v) is 5.11.